The summed E-state index contributed by atoms with van der Waals surface area (Å²) in [6.45, 7) is 4.99. The van der Waals surface area contributed by atoms with Crippen LogP contribution in [0.15, 0.2) is 206 Å². The molecule has 1 heteroatoms. The SMILES string of the molecule is CC1(C)c2c(-c3ccccc3)cccc2C2C=CCC(c3cccc(-c4ccc(N(c5ccc6ccccc6c5)c5ccc6c(ccc7ccccc76)c5)cc4)c3)C21. The third-order valence-electron chi connectivity index (χ3n) is 13.3. The molecule has 1 nitrogen and oxygen atoms in total. The average molecular weight is 744 g/mol. The van der Waals surface area contributed by atoms with E-state index in [9.17, 15) is 0 Å². The molecule has 11 rings (SSSR count). The first-order chi connectivity index (χ1) is 28.5. The van der Waals surface area contributed by atoms with Gasteiger partial charge in [-0.15, -0.1) is 0 Å². The number of allylic oxidation sites excluding steroid dienone is 2. The van der Waals surface area contributed by atoms with Crippen molar-refractivity contribution in [2.24, 2.45) is 5.92 Å². The highest BCUT2D eigenvalue weighted by Crippen LogP contribution is 2.61. The van der Waals surface area contributed by atoms with E-state index >= 15 is 0 Å². The molecule has 0 aromatic heterocycles. The Balaban J connectivity index is 0.954. The van der Waals surface area contributed by atoms with Gasteiger partial charge in [-0.1, -0.05) is 184 Å². The molecule has 3 atom stereocenters. The second-order valence-electron chi connectivity index (χ2n) is 16.9. The van der Waals surface area contributed by atoms with Crippen LogP contribution in [0, 0.1) is 5.92 Å². The van der Waals surface area contributed by atoms with E-state index in [1.54, 1.807) is 0 Å². The molecule has 3 unspecified atom stereocenters. The Morgan fingerprint density at radius 2 is 1.10 bits per heavy atom. The normalized spacial score (nSPS) is 18.0. The van der Waals surface area contributed by atoms with Crippen molar-refractivity contribution < 1.29 is 0 Å². The first kappa shape index (κ1) is 34.5. The van der Waals surface area contributed by atoms with Crippen LogP contribution in [-0.4, -0.2) is 0 Å². The first-order valence-corrected chi connectivity index (χ1v) is 20.8. The second kappa shape index (κ2) is 13.7. The lowest BCUT2D eigenvalue weighted by atomic mass is 9.63. The number of benzene rings is 9. The maximum Gasteiger partial charge on any atom is 0.0468 e. The van der Waals surface area contributed by atoms with E-state index in [4.69, 9.17) is 0 Å². The van der Waals surface area contributed by atoms with Crippen molar-refractivity contribution >= 4 is 49.4 Å². The fraction of sp³-hybridized carbons (Fsp3) is 0.123. The Kier molecular flexibility index (Phi) is 8.19. The molecule has 2 aliphatic rings. The van der Waals surface area contributed by atoms with Crippen LogP contribution < -0.4 is 4.90 Å². The molecule has 58 heavy (non-hydrogen) atoms. The minimum atomic E-state index is 0.0155. The van der Waals surface area contributed by atoms with Crippen molar-refractivity contribution in [3.63, 3.8) is 0 Å². The molecular weight excluding hydrogens is 699 g/mol. The standard InChI is InChI=1S/C57H45N/c1-57(2)55-51(40-14-4-3-5-15-40)21-11-23-53(55)54-24-12-22-52(56(54)57)44-19-10-18-42(35-44)39-27-30-46(31-28-39)58(47-32-29-38-13-6-7-17-43(38)36-47)48-33-34-50-45(37-48)26-25-41-16-8-9-20-49(41)50/h3-21,23-37,52,54,56H,22H2,1-2H3. The van der Waals surface area contributed by atoms with E-state index in [1.807, 2.05) is 0 Å². The summed E-state index contributed by atoms with van der Waals surface area (Å²) in [5.74, 6) is 1.31. The van der Waals surface area contributed by atoms with Crippen molar-refractivity contribution in [1.29, 1.82) is 0 Å². The van der Waals surface area contributed by atoms with Gasteiger partial charge in [0.2, 0.25) is 0 Å². The van der Waals surface area contributed by atoms with Gasteiger partial charge >= 0.3 is 0 Å². The summed E-state index contributed by atoms with van der Waals surface area (Å²) < 4.78 is 0. The Morgan fingerprint density at radius 3 is 1.95 bits per heavy atom. The van der Waals surface area contributed by atoms with Crippen LogP contribution in [0.3, 0.4) is 0 Å². The Bertz CT molecular complexity index is 3030. The summed E-state index contributed by atoms with van der Waals surface area (Å²) in [6.07, 6.45) is 6.01. The van der Waals surface area contributed by atoms with Gasteiger partial charge in [0.1, 0.15) is 0 Å². The maximum absolute atomic E-state index is 2.51. The van der Waals surface area contributed by atoms with Gasteiger partial charge in [-0.2, -0.15) is 0 Å². The third kappa shape index (κ3) is 5.68. The molecule has 0 heterocycles. The highest BCUT2D eigenvalue weighted by Gasteiger charge is 2.51. The van der Waals surface area contributed by atoms with Crippen LogP contribution in [-0.2, 0) is 5.41 Å². The van der Waals surface area contributed by atoms with E-state index in [0.29, 0.717) is 17.8 Å². The molecular formula is C57H45N. The summed E-state index contributed by atoms with van der Waals surface area (Å²) >= 11 is 0. The van der Waals surface area contributed by atoms with Crippen molar-refractivity contribution in [2.45, 2.75) is 37.5 Å². The maximum atomic E-state index is 2.51. The number of hydrogen-bond acceptors (Lipinski definition) is 1. The molecule has 0 saturated heterocycles. The van der Waals surface area contributed by atoms with Gasteiger partial charge in [-0.3, -0.25) is 0 Å². The van der Waals surface area contributed by atoms with Gasteiger partial charge in [-0.25, -0.2) is 0 Å². The van der Waals surface area contributed by atoms with Gasteiger partial charge in [0, 0.05) is 23.0 Å². The number of rotatable bonds is 6. The fourth-order valence-corrected chi connectivity index (χ4v) is 10.7. The highest BCUT2D eigenvalue weighted by atomic mass is 15.1. The smallest absolute Gasteiger partial charge is 0.0468 e. The van der Waals surface area contributed by atoms with E-state index in [0.717, 1.165) is 23.5 Å². The first-order valence-electron chi connectivity index (χ1n) is 20.8. The Hall–Kier alpha value is -6.70. The van der Waals surface area contributed by atoms with Crippen LogP contribution in [0.25, 0.3) is 54.6 Å². The fourth-order valence-electron chi connectivity index (χ4n) is 10.7. The summed E-state index contributed by atoms with van der Waals surface area (Å²) in [5, 5.41) is 7.54. The summed E-state index contributed by atoms with van der Waals surface area (Å²) in [6, 6.07) is 72.1. The molecule has 9 aromatic carbocycles. The van der Waals surface area contributed by atoms with Crippen LogP contribution >= 0.6 is 0 Å². The topological polar surface area (TPSA) is 3.24 Å². The molecule has 0 saturated carbocycles. The molecule has 0 aliphatic heterocycles. The average Bonchev–Trinajstić information content (AvgIpc) is 3.53. The van der Waals surface area contributed by atoms with Crippen LogP contribution in [0.1, 0.15) is 48.8 Å². The molecule has 9 aromatic rings. The second-order valence-corrected chi connectivity index (χ2v) is 16.9. The lowest BCUT2D eigenvalue weighted by molar-refractivity contribution is 0.264. The van der Waals surface area contributed by atoms with Gasteiger partial charge < -0.3 is 4.90 Å². The lowest BCUT2D eigenvalue weighted by Gasteiger charge is -2.40. The highest BCUT2D eigenvalue weighted by molar-refractivity contribution is 6.08. The van der Waals surface area contributed by atoms with Crippen LogP contribution in [0.2, 0.25) is 0 Å². The number of anilines is 3. The van der Waals surface area contributed by atoms with Gasteiger partial charge in [0.25, 0.3) is 0 Å². The summed E-state index contributed by atoms with van der Waals surface area (Å²) in [7, 11) is 0. The Morgan fingerprint density at radius 1 is 0.466 bits per heavy atom. The molecule has 0 amide bonds. The van der Waals surface area contributed by atoms with E-state index in [1.165, 1.54) is 71.3 Å². The summed E-state index contributed by atoms with van der Waals surface area (Å²) in [5.41, 5.74) is 13.1. The van der Waals surface area contributed by atoms with Crippen molar-refractivity contribution in [1.82, 2.24) is 0 Å². The van der Waals surface area contributed by atoms with Crippen molar-refractivity contribution in [3.05, 3.63) is 223 Å². The minimum absolute atomic E-state index is 0.0155. The molecule has 0 spiro atoms. The van der Waals surface area contributed by atoms with Gasteiger partial charge in [0.05, 0.1) is 0 Å². The van der Waals surface area contributed by atoms with Crippen LogP contribution in [0.5, 0.6) is 0 Å². The molecule has 278 valence electrons. The molecule has 0 bridgehead atoms. The largest absolute Gasteiger partial charge is 0.310 e. The van der Waals surface area contributed by atoms with Crippen LogP contribution in [0.4, 0.5) is 17.1 Å². The molecule has 2 aliphatic carbocycles. The number of fused-ring (bicyclic) bond motifs is 7. The number of nitrogens with zero attached hydrogens (tertiary/aromatic N) is 1. The molecule has 0 radical (unpaired) electrons. The van der Waals surface area contributed by atoms with Gasteiger partial charge in [0.15, 0.2) is 0 Å². The van der Waals surface area contributed by atoms with E-state index in [2.05, 4.69) is 225 Å². The number of hydrogen-bond donors (Lipinski definition) is 0. The zero-order chi connectivity index (χ0) is 38.8. The zero-order valence-electron chi connectivity index (χ0n) is 33.0. The van der Waals surface area contributed by atoms with Gasteiger partial charge in [-0.05, 0) is 131 Å². The van der Waals surface area contributed by atoms with E-state index in [-0.39, 0.29) is 5.41 Å². The zero-order valence-corrected chi connectivity index (χ0v) is 33.0. The third-order valence-corrected chi connectivity index (χ3v) is 13.3. The van der Waals surface area contributed by atoms with E-state index < -0.39 is 0 Å². The lowest BCUT2D eigenvalue weighted by Crippen LogP contribution is -2.33. The van der Waals surface area contributed by atoms with Crippen molar-refractivity contribution in [2.75, 3.05) is 4.90 Å². The summed E-state index contributed by atoms with van der Waals surface area (Å²) in [4.78, 5) is 2.40. The monoisotopic (exact) mass is 743 g/mol. The molecule has 0 fully saturated rings. The quantitative estimate of drug-likeness (QED) is 0.121. The predicted octanol–water partition coefficient (Wildman–Crippen LogP) is 15.7. The minimum Gasteiger partial charge on any atom is -0.310 e. The Labute approximate surface area is 341 Å². The predicted molar refractivity (Wildman–Crippen MR) is 247 cm³/mol. The van der Waals surface area contributed by atoms with Crippen molar-refractivity contribution in [3.8, 4) is 22.3 Å². The molecule has 0 N–H and O–H groups in total.